The number of hydrogen-bond acceptors (Lipinski definition) is 4. The van der Waals surface area contributed by atoms with Crippen molar-refractivity contribution in [1.82, 2.24) is 9.80 Å². The minimum atomic E-state index is -0.640. The Morgan fingerprint density at radius 3 is 2.61 bits per heavy atom. The van der Waals surface area contributed by atoms with Crippen molar-refractivity contribution >= 4 is 17.6 Å². The number of aliphatic carboxylic acids is 1. The zero-order valence-corrected chi connectivity index (χ0v) is 14.0. The maximum absolute atomic E-state index is 12.0. The molecule has 0 radical (unpaired) electrons. The molecule has 23 heavy (non-hydrogen) atoms. The summed E-state index contributed by atoms with van der Waals surface area (Å²) in [7, 11) is 0. The predicted octanol–water partition coefficient (Wildman–Crippen LogP) is 2.55. The van der Waals surface area contributed by atoms with E-state index < -0.39 is 11.4 Å². The molecule has 1 N–H and O–H groups in total. The molecule has 1 aliphatic carbocycles. The van der Waals surface area contributed by atoms with Gasteiger partial charge in [0.1, 0.15) is 5.76 Å². The van der Waals surface area contributed by atoms with Crippen LogP contribution in [0.1, 0.15) is 25.0 Å². The van der Waals surface area contributed by atoms with E-state index in [2.05, 4.69) is 9.80 Å². The molecule has 3 fully saturated rings. The number of fused-ring (bicyclic) bond motifs is 1. The Balaban J connectivity index is 1.43. The minimum absolute atomic E-state index is 0.213. The highest BCUT2D eigenvalue weighted by molar-refractivity contribution is 6.28. The molecule has 5 nitrogen and oxygen atoms in total. The monoisotopic (exact) mass is 338 g/mol. The third-order valence-electron chi connectivity index (χ3n) is 5.93. The van der Waals surface area contributed by atoms with E-state index >= 15 is 0 Å². The molecule has 3 heterocycles. The summed E-state index contributed by atoms with van der Waals surface area (Å²) in [5, 5.41) is 10.3. The van der Waals surface area contributed by atoms with Gasteiger partial charge in [0.15, 0.2) is 5.22 Å². The lowest BCUT2D eigenvalue weighted by Gasteiger charge is -2.31. The number of carbonyl (C=O) groups is 1. The Labute approximate surface area is 141 Å². The van der Waals surface area contributed by atoms with Crippen molar-refractivity contribution in [1.29, 1.82) is 0 Å². The summed E-state index contributed by atoms with van der Waals surface area (Å²) in [6.07, 6.45) is 3.96. The molecule has 0 spiro atoms. The standard InChI is InChI=1S/C17H23ClN2O3/c18-15-5-4-14(23-15)9-20-8-13-7-19(6-12-2-1-3-12)10-17(13,11-20)16(21)22/h4-5,12-13H,1-3,6-11H2,(H,21,22)/t13-,17-/m1/s1. The minimum Gasteiger partial charge on any atom is -0.481 e. The third-order valence-corrected chi connectivity index (χ3v) is 6.13. The Morgan fingerprint density at radius 2 is 2.04 bits per heavy atom. The third kappa shape index (κ3) is 2.79. The summed E-state index contributed by atoms with van der Waals surface area (Å²) in [4.78, 5) is 16.6. The summed E-state index contributed by atoms with van der Waals surface area (Å²) < 4.78 is 5.42. The van der Waals surface area contributed by atoms with Gasteiger partial charge in [0.05, 0.1) is 12.0 Å². The number of nitrogens with zero attached hydrogens (tertiary/aromatic N) is 2. The second-order valence-electron chi connectivity index (χ2n) is 7.52. The lowest BCUT2D eigenvalue weighted by Crippen LogP contribution is -2.41. The van der Waals surface area contributed by atoms with Gasteiger partial charge in [0.2, 0.25) is 0 Å². The van der Waals surface area contributed by atoms with E-state index in [9.17, 15) is 9.90 Å². The van der Waals surface area contributed by atoms with Gasteiger partial charge in [-0.2, -0.15) is 0 Å². The lowest BCUT2D eigenvalue weighted by molar-refractivity contribution is -0.149. The van der Waals surface area contributed by atoms with Gasteiger partial charge in [-0.1, -0.05) is 6.42 Å². The summed E-state index contributed by atoms with van der Waals surface area (Å²) in [6, 6.07) is 3.61. The van der Waals surface area contributed by atoms with E-state index in [1.54, 1.807) is 6.07 Å². The van der Waals surface area contributed by atoms with Crippen molar-refractivity contribution in [3.63, 3.8) is 0 Å². The summed E-state index contributed by atoms with van der Waals surface area (Å²) in [5.74, 6) is 1.17. The average molecular weight is 339 g/mol. The SMILES string of the molecule is O=C(O)[C@]12CN(Cc3ccc(Cl)o3)C[C@H]1CN(CC1CCC1)C2. The van der Waals surface area contributed by atoms with Gasteiger partial charge in [-0.3, -0.25) is 9.69 Å². The molecule has 2 saturated heterocycles. The second kappa shape index (κ2) is 5.80. The molecule has 6 heteroatoms. The van der Waals surface area contributed by atoms with Crippen LogP contribution < -0.4 is 0 Å². The van der Waals surface area contributed by atoms with Crippen LogP contribution >= 0.6 is 11.6 Å². The average Bonchev–Trinajstić information content (AvgIpc) is 3.07. The van der Waals surface area contributed by atoms with Crippen molar-refractivity contribution in [2.75, 3.05) is 32.7 Å². The highest BCUT2D eigenvalue weighted by Gasteiger charge is 2.57. The fourth-order valence-electron chi connectivity index (χ4n) is 4.53. The fourth-order valence-corrected chi connectivity index (χ4v) is 4.70. The molecule has 126 valence electrons. The molecule has 3 aliphatic rings. The Morgan fingerprint density at radius 1 is 1.30 bits per heavy atom. The topological polar surface area (TPSA) is 56.9 Å². The zero-order chi connectivity index (χ0) is 16.0. The number of rotatable bonds is 5. The number of likely N-dealkylation sites (tertiary alicyclic amines) is 2. The van der Waals surface area contributed by atoms with Crippen molar-refractivity contribution in [3.8, 4) is 0 Å². The zero-order valence-electron chi connectivity index (χ0n) is 13.2. The van der Waals surface area contributed by atoms with Gasteiger partial charge in [-0.25, -0.2) is 0 Å². The van der Waals surface area contributed by atoms with E-state index in [0.29, 0.717) is 24.9 Å². The first-order valence-electron chi connectivity index (χ1n) is 8.47. The smallest absolute Gasteiger partial charge is 0.312 e. The van der Waals surface area contributed by atoms with E-state index in [1.165, 1.54) is 19.3 Å². The molecular formula is C17H23ClN2O3. The Kier molecular flexibility index (Phi) is 3.90. The molecule has 0 amide bonds. The molecule has 1 aromatic rings. The second-order valence-corrected chi connectivity index (χ2v) is 7.90. The van der Waals surface area contributed by atoms with Crippen LogP contribution in [0.15, 0.2) is 16.5 Å². The molecule has 2 aliphatic heterocycles. The van der Waals surface area contributed by atoms with Crippen LogP contribution in [0.3, 0.4) is 0 Å². The summed E-state index contributed by atoms with van der Waals surface area (Å²) >= 11 is 5.82. The maximum atomic E-state index is 12.0. The van der Waals surface area contributed by atoms with Gasteiger partial charge in [0.25, 0.3) is 0 Å². The van der Waals surface area contributed by atoms with Crippen LogP contribution in [0, 0.1) is 17.3 Å². The van der Waals surface area contributed by atoms with Crippen LogP contribution in [0.25, 0.3) is 0 Å². The molecule has 0 unspecified atom stereocenters. The molecular weight excluding hydrogens is 316 g/mol. The van der Waals surface area contributed by atoms with Crippen LogP contribution in [-0.4, -0.2) is 53.6 Å². The van der Waals surface area contributed by atoms with Crippen molar-refractivity contribution < 1.29 is 14.3 Å². The Bertz CT molecular complexity index is 600. The first kappa shape index (κ1) is 15.5. The van der Waals surface area contributed by atoms with Crippen molar-refractivity contribution in [2.45, 2.75) is 25.8 Å². The first-order valence-corrected chi connectivity index (χ1v) is 8.85. The van der Waals surface area contributed by atoms with E-state index in [0.717, 1.165) is 31.3 Å². The molecule has 1 saturated carbocycles. The molecule has 4 rings (SSSR count). The molecule has 0 aromatic carbocycles. The predicted molar refractivity (Wildman–Crippen MR) is 86.3 cm³/mol. The number of furan rings is 1. The van der Waals surface area contributed by atoms with E-state index in [1.807, 2.05) is 6.07 Å². The van der Waals surface area contributed by atoms with Gasteiger partial charge in [-0.05, 0) is 42.5 Å². The highest BCUT2D eigenvalue weighted by atomic mass is 35.5. The van der Waals surface area contributed by atoms with E-state index in [4.69, 9.17) is 16.0 Å². The normalized spacial score (nSPS) is 32.1. The largest absolute Gasteiger partial charge is 0.481 e. The number of halogens is 1. The van der Waals surface area contributed by atoms with Gasteiger partial charge >= 0.3 is 5.97 Å². The number of carboxylic acid groups (broad SMARTS) is 1. The number of hydrogen-bond donors (Lipinski definition) is 1. The summed E-state index contributed by atoms with van der Waals surface area (Å²) in [6.45, 7) is 4.76. The lowest BCUT2D eigenvalue weighted by atomic mass is 9.81. The molecule has 0 bridgehead atoms. The highest BCUT2D eigenvalue weighted by Crippen LogP contribution is 2.44. The van der Waals surface area contributed by atoms with Gasteiger partial charge in [-0.15, -0.1) is 0 Å². The summed E-state index contributed by atoms with van der Waals surface area (Å²) in [5.41, 5.74) is -0.611. The van der Waals surface area contributed by atoms with Gasteiger partial charge in [0, 0.05) is 38.6 Å². The van der Waals surface area contributed by atoms with Crippen LogP contribution in [0.4, 0.5) is 0 Å². The fraction of sp³-hybridized carbons (Fsp3) is 0.706. The van der Waals surface area contributed by atoms with Crippen LogP contribution in [0.5, 0.6) is 0 Å². The van der Waals surface area contributed by atoms with Gasteiger partial charge < -0.3 is 14.4 Å². The first-order chi connectivity index (χ1) is 11.0. The van der Waals surface area contributed by atoms with Crippen molar-refractivity contribution in [2.24, 2.45) is 17.3 Å². The van der Waals surface area contributed by atoms with Crippen LogP contribution in [0.2, 0.25) is 5.22 Å². The number of carboxylic acids is 1. The Hall–Kier alpha value is -1.04. The van der Waals surface area contributed by atoms with Crippen molar-refractivity contribution in [3.05, 3.63) is 23.1 Å². The molecule has 2 atom stereocenters. The molecule has 1 aromatic heterocycles. The van der Waals surface area contributed by atoms with Crippen LogP contribution in [-0.2, 0) is 11.3 Å². The quantitative estimate of drug-likeness (QED) is 0.894. The van der Waals surface area contributed by atoms with E-state index in [-0.39, 0.29) is 5.92 Å². The maximum Gasteiger partial charge on any atom is 0.312 e.